The van der Waals surface area contributed by atoms with Crippen LogP contribution >= 0.6 is 0 Å². The van der Waals surface area contributed by atoms with Gasteiger partial charge in [0.15, 0.2) is 11.6 Å². The van der Waals surface area contributed by atoms with Gasteiger partial charge >= 0.3 is 0 Å². The predicted molar refractivity (Wildman–Crippen MR) is 304 cm³/mol. The molecule has 0 amide bonds. The van der Waals surface area contributed by atoms with Gasteiger partial charge in [-0.3, -0.25) is 23.5 Å². The monoisotopic (exact) mass is 1090 g/mol. The largest absolute Gasteiger partial charge is 0.523 e. The smallest absolute Gasteiger partial charge is 0.226 e. The second-order valence-corrected chi connectivity index (χ2v) is 27.0. The van der Waals surface area contributed by atoms with E-state index in [0.29, 0.717) is 35.9 Å². The van der Waals surface area contributed by atoms with Crippen LogP contribution < -0.4 is 5.48 Å². The molecule has 0 aliphatic heterocycles. The van der Waals surface area contributed by atoms with E-state index >= 15 is 0 Å². The summed E-state index contributed by atoms with van der Waals surface area (Å²) in [5.41, 5.74) is 12.2. The molecule has 0 bridgehead atoms. The fraction of sp³-hybridized carbons (Fsp3) is 0.597. The zero-order valence-corrected chi connectivity index (χ0v) is 50.3. The lowest BCUT2D eigenvalue weighted by Crippen LogP contribution is -2.49. The number of nitrogens with zero attached hydrogens (tertiary/aromatic N) is 11. The summed E-state index contributed by atoms with van der Waals surface area (Å²) in [6, 6.07) is 0. The maximum atomic E-state index is 12.4. The van der Waals surface area contributed by atoms with Gasteiger partial charge in [0.25, 0.3) is 0 Å². The zero-order valence-electron chi connectivity index (χ0n) is 51.3. The van der Waals surface area contributed by atoms with Gasteiger partial charge in [0.2, 0.25) is 11.4 Å². The minimum atomic E-state index is -0.504. The van der Waals surface area contributed by atoms with Gasteiger partial charge in [-0.1, -0.05) is 102 Å². The Labute approximate surface area is 473 Å². The van der Waals surface area contributed by atoms with Gasteiger partial charge in [0.05, 0.1) is 48.4 Å². The van der Waals surface area contributed by atoms with Gasteiger partial charge < -0.3 is 24.7 Å². The number of aromatic nitrogens is 9. The lowest BCUT2D eigenvalue weighted by atomic mass is 9.55. The van der Waals surface area contributed by atoms with Gasteiger partial charge in [-0.15, -0.1) is 0 Å². The summed E-state index contributed by atoms with van der Waals surface area (Å²) in [6.07, 6.45) is 19.0. The fourth-order valence-electron chi connectivity index (χ4n) is 16.6. The Hall–Kier alpha value is -6.89. The van der Waals surface area contributed by atoms with Crippen molar-refractivity contribution in [2.75, 3.05) is 7.05 Å². The summed E-state index contributed by atoms with van der Waals surface area (Å²) in [6.45, 7) is 39.9. The number of rotatable bonds is 0. The van der Waals surface area contributed by atoms with Crippen molar-refractivity contribution in [2.45, 2.75) is 163 Å². The van der Waals surface area contributed by atoms with E-state index < -0.39 is 10.8 Å². The number of hydrogen-bond acceptors (Lipinski definition) is 12. The van der Waals surface area contributed by atoms with Crippen molar-refractivity contribution in [2.24, 2.45) is 68.1 Å². The molecule has 0 unspecified atom stereocenters. The van der Waals surface area contributed by atoms with E-state index in [0.717, 1.165) is 61.2 Å². The number of carbonyl (C=O) groups excluding carboxylic acids is 2. The fourth-order valence-corrected chi connectivity index (χ4v) is 16.6. The van der Waals surface area contributed by atoms with E-state index in [4.69, 9.17) is 29.3 Å². The highest BCUT2D eigenvalue weighted by molar-refractivity contribution is 6.03. The topological polar surface area (TPSA) is 213 Å². The van der Waals surface area contributed by atoms with Crippen LogP contribution in [0.5, 0.6) is 0 Å². The summed E-state index contributed by atoms with van der Waals surface area (Å²) >= 11 is 0. The van der Waals surface area contributed by atoms with Crippen molar-refractivity contribution in [1.82, 2.24) is 49.8 Å². The van der Waals surface area contributed by atoms with Crippen molar-refractivity contribution in [1.29, 1.82) is 0 Å². The first-order chi connectivity index (χ1) is 37.7. The van der Waals surface area contributed by atoms with Crippen LogP contribution in [0, 0.1) is 53.1 Å². The minimum Gasteiger partial charge on any atom is -0.523 e. The average Bonchev–Trinajstić information content (AvgIpc) is 2.52. The number of aliphatic hydroxyl groups is 2. The molecule has 18 nitrogen and oxygen atoms in total. The number of nitrogens with one attached hydrogen (secondary N) is 1. The number of hydrogen-bond donors (Lipinski definition) is 4. The SMILES string of the molecule is CNO.Cn1cc2c(n1)[C@@]1(C)C/C(=C/O)C(=O)C(C)(C)[C@@H]1C2.Cn1cc2c(n1)[C@@]1(C)Cc3cnoc3C(C)(C)[C@@H]1C2.[3H]C.[C-]#[N+]C1=C(O)C(C)(C)[C@@H]2Cc3cn(C)nc3[C@@]2(C)C1.[C-]#[N+]C1=C[C@]2(C)c3nn(C)cc3C[C@H]2C(C)(C)C1=O. The lowest BCUT2D eigenvalue weighted by molar-refractivity contribution is -0.130. The van der Waals surface area contributed by atoms with Crippen LogP contribution in [0.2, 0.25) is 0 Å². The number of Topliss-reactive ketones (excluding diaryl/α,β-unsaturated/α-hetero) is 2. The van der Waals surface area contributed by atoms with Crippen molar-refractivity contribution < 1.29 is 30.9 Å². The first-order valence-corrected chi connectivity index (χ1v) is 27.5. The van der Waals surface area contributed by atoms with Gasteiger partial charge in [-0.25, -0.2) is 15.2 Å². The number of aryl methyl sites for hydroxylation is 4. The second-order valence-electron chi connectivity index (χ2n) is 27.0. The van der Waals surface area contributed by atoms with Gasteiger partial charge in [0, 0.05) is 116 Å². The molecule has 8 aliphatic carbocycles. The number of allylic oxidation sites excluding steroid dienone is 5. The van der Waals surface area contributed by atoms with Crippen LogP contribution in [0.3, 0.4) is 0 Å². The molecule has 18 heteroatoms. The normalized spacial score (nSPS) is 30.8. The Kier molecular flexibility index (Phi) is 14.2. The van der Waals surface area contributed by atoms with E-state index in [9.17, 15) is 19.8 Å². The third-order valence-electron chi connectivity index (χ3n) is 20.3. The van der Waals surface area contributed by atoms with Crippen LogP contribution in [0.25, 0.3) is 9.69 Å². The molecule has 4 N–H and O–H groups in total. The molecule has 0 aromatic carbocycles. The minimum absolute atomic E-state index is 0.0190. The van der Waals surface area contributed by atoms with Crippen LogP contribution in [-0.2, 0) is 97.0 Å². The summed E-state index contributed by atoms with van der Waals surface area (Å²) < 4.78 is 18.8. The van der Waals surface area contributed by atoms with Crippen molar-refractivity contribution in [3.8, 4) is 0 Å². The van der Waals surface area contributed by atoms with Crippen LogP contribution in [0.15, 0.2) is 70.6 Å². The molecule has 5 aromatic heterocycles. The quantitative estimate of drug-likeness (QED) is 0.0494. The number of ketones is 2. The highest BCUT2D eigenvalue weighted by Crippen LogP contribution is 2.61. The molecule has 13 rings (SSSR count). The van der Waals surface area contributed by atoms with E-state index in [1.807, 2.05) is 107 Å². The Morgan fingerprint density at radius 3 is 1.49 bits per heavy atom. The lowest BCUT2D eigenvalue weighted by Gasteiger charge is -2.46. The summed E-state index contributed by atoms with van der Waals surface area (Å²) in [4.78, 5) is 31.8. The number of carbonyl (C=O) groups is 2. The number of fused-ring (bicyclic) bond motifs is 13. The molecule has 8 aliphatic rings. The van der Waals surface area contributed by atoms with Crippen molar-refractivity contribution in [3.05, 3.63) is 145 Å². The first-order valence-electron chi connectivity index (χ1n) is 28.5. The van der Waals surface area contributed by atoms with E-state index in [1.54, 1.807) is 5.48 Å². The molecule has 80 heavy (non-hydrogen) atoms. The summed E-state index contributed by atoms with van der Waals surface area (Å²) in [5.74, 6) is 2.70. The molecule has 0 spiro atoms. The Bertz CT molecular complexity index is 3490. The second kappa shape index (κ2) is 19.7. The van der Waals surface area contributed by atoms with Crippen LogP contribution in [0.1, 0.15) is 161 Å². The van der Waals surface area contributed by atoms with E-state index in [2.05, 4.69) is 90.3 Å². The molecule has 1 saturated carbocycles. The molecular formula is C62H84N12O6. The van der Waals surface area contributed by atoms with Gasteiger partial charge in [-0.2, -0.15) is 20.4 Å². The third-order valence-corrected chi connectivity index (χ3v) is 20.3. The standard InChI is InChI=1S/2C15H19N3O.C15H17N3O.C15H20N2O2.CH5NO.CH4/c1-14(2)11-5-9-8-18(4)17-12(9)15(11,3)6-10-7-16-19-13(10)14;2*1-14(2)11-6-9-8-18(5)17-12(9)15(11,3)7-10(16-4)13(14)19;1-14(2)11-5-9-7-17(4)16-12(9)15(11,3)6-10(8-18)13(14)19;1-2-3;/h7-8,11H,5-6H2,1-4H3;8,11,19H,6-7H2,1-3,5H3;7-8,11H,6H2,1-3,5H3;7-8,11,18H,5-6H2,1-4H3;2-3H,1H3;1H4/b;;;10-8-;;/t4*11-,15-;;/m0000../s1/i;;;;;1T. The molecule has 1 fully saturated rings. The highest BCUT2D eigenvalue weighted by Gasteiger charge is 2.61. The van der Waals surface area contributed by atoms with Gasteiger partial charge in [0.1, 0.15) is 11.5 Å². The molecule has 428 valence electrons. The summed E-state index contributed by atoms with van der Waals surface area (Å²) in [5, 5.41) is 49.6. The molecule has 8 atom stereocenters. The van der Waals surface area contributed by atoms with Gasteiger partial charge in [-0.05, 0) is 90.9 Å². The Balaban J connectivity index is 0.000000138. The number of aliphatic hydroxyl groups excluding tert-OH is 2. The third kappa shape index (κ3) is 8.64. The maximum absolute atomic E-state index is 12.4. The van der Waals surface area contributed by atoms with Crippen LogP contribution in [-0.4, -0.2) is 78.3 Å². The molecule has 5 heterocycles. The number of hydroxylamine groups is 1. The van der Waals surface area contributed by atoms with Crippen molar-refractivity contribution >= 4 is 11.6 Å². The molecule has 0 radical (unpaired) electrons. The average molecular weight is 1100 g/mol. The summed E-state index contributed by atoms with van der Waals surface area (Å²) in [7, 11) is 10.5. The maximum Gasteiger partial charge on any atom is 0.226 e. The zero-order chi connectivity index (χ0) is 60.1. The first kappa shape index (κ1) is 57.8. The molecular weight excluding hydrogens is 1010 g/mol. The van der Waals surface area contributed by atoms with E-state index in [-0.39, 0.29) is 67.3 Å². The van der Waals surface area contributed by atoms with Crippen LogP contribution in [0.4, 0.5) is 0 Å². The molecule has 0 saturated heterocycles. The van der Waals surface area contributed by atoms with E-state index in [1.165, 1.54) is 48.0 Å². The molecule has 5 aromatic rings. The van der Waals surface area contributed by atoms with Crippen molar-refractivity contribution in [3.63, 3.8) is 0 Å². The Morgan fingerprint density at radius 2 is 1.02 bits per heavy atom. The predicted octanol–water partition coefficient (Wildman–Crippen LogP) is 10.1. The Morgan fingerprint density at radius 1 is 0.625 bits per heavy atom. The highest BCUT2D eigenvalue weighted by atomic mass is 16.5.